The van der Waals surface area contributed by atoms with Crippen LogP contribution in [0.3, 0.4) is 0 Å². The van der Waals surface area contributed by atoms with Gasteiger partial charge in [-0.15, -0.1) is 5.10 Å². The van der Waals surface area contributed by atoms with Crippen molar-refractivity contribution in [2.24, 2.45) is 7.05 Å². The number of amides is 1. The van der Waals surface area contributed by atoms with Crippen molar-refractivity contribution in [3.63, 3.8) is 0 Å². The van der Waals surface area contributed by atoms with Crippen LogP contribution in [-0.2, 0) is 11.8 Å². The molecule has 1 heterocycles. The molecule has 0 spiro atoms. The first-order chi connectivity index (χ1) is 9.09. The van der Waals surface area contributed by atoms with Gasteiger partial charge in [0.2, 0.25) is 11.8 Å². The van der Waals surface area contributed by atoms with E-state index < -0.39 is 0 Å². The Kier molecular flexibility index (Phi) is 4.04. The molecule has 0 radical (unpaired) electrons. The third-order valence-corrected chi connectivity index (χ3v) is 3.00. The number of para-hydroxylation sites is 1. The predicted octanol–water partition coefficient (Wildman–Crippen LogP) is 1.82. The zero-order valence-corrected chi connectivity index (χ0v) is 11.6. The van der Waals surface area contributed by atoms with Crippen LogP contribution < -0.4 is 4.74 Å². The summed E-state index contributed by atoms with van der Waals surface area (Å²) in [7, 11) is 5.41. The second-order valence-electron chi connectivity index (χ2n) is 4.69. The van der Waals surface area contributed by atoms with E-state index in [2.05, 4.69) is 5.10 Å². The van der Waals surface area contributed by atoms with Crippen molar-refractivity contribution in [3.8, 4) is 5.88 Å². The Morgan fingerprint density at radius 2 is 2.11 bits per heavy atom. The molecule has 102 valence electrons. The highest BCUT2D eigenvalue weighted by atomic mass is 16.5. The first-order valence-electron chi connectivity index (χ1n) is 6.34. The van der Waals surface area contributed by atoms with Crippen LogP contribution in [0.25, 0.3) is 10.9 Å². The molecule has 0 aliphatic carbocycles. The third kappa shape index (κ3) is 3.05. The second kappa shape index (κ2) is 5.73. The van der Waals surface area contributed by atoms with Crippen LogP contribution >= 0.6 is 0 Å². The normalized spacial score (nSPS) is 10.7. The van der Waals surface area contributed by atoms with E-state index >= 15 is 0 Å². The SMILES string of the molecule is CN(C)C(=O)CCCOc1nn(C)c2ccccc12. The maximum Gasteiger partial charge on any atom is 0.240 e. The Morgan fingerprint density at radius 1 is 1.37 bits per heavy atom. The number of carbonyl (C=O) groups excluding carboxylic acids is 1. The lowest BCUT2D eigenvalue weighted by Crippen LogP contribution is -2.21. The Balaban J connectivity index is 1.94. The van der Waals surface area contributed by atoms with Gasteiger partial charge in [-0.3, -0.25) is 9.48 Å². The molecular formula is C14H19N3O2. The molecule has 1 amide bonds. The molecule has 0 aliphatic heterocycles. The van der Waals surface area contributed by atoms with Crippen molar-refractivity contribution in [1.82, 2.24) is 14.7 Å². The minimum absolute atomic E-state index is 0.120. The summed E-state index contributed by atoms with van der Waals surface area (Å²) >= 11 is 0. The number of rotatable bonds is 5. The van der Waals surface area contributed by atoms with Gasteiger partial charge in [0, 0.05) is 27.6 Å². The van der Waals surface area contributed by atoms with E-state index in [1.54, 1.807) is 23.7 Å². The van der Waals surface area contributed by atoms with Gasteiger partial charge in [-0.2, -0.15) is 0 Å². The highest BCUT2D eigenvalue weighted by Gasteiger charge is 2.09. The van der Waals surface area contributed by atoms with Gasteiger partial charge in [-0.25, -0.2) is 0 Å². The topological polar surface area (TPSA) is 47.4 Å². The van der Waals surface area contributed by atoms with Crippen molar-refractivity contribution in [3.05, 3.63) is 24.3 Å². The first kappa shape index (κ1) is 13.4. The molecule has 2 rings (SSSR count). The van der Waals surface area contributed by atoms with Crippen LogP contribution in [0.1, 0.15) is 12.8 Å². The molecule has 0 atom stereocenters. The molecule has 2 aromatic rings. The van der Waals surface area contributed by atoms with E-state index in [1.165, 1.54) is 0 Å². The van der Waals surface area contributed by atoms with Gasteiger partial charge < -0.3 is 9.64 Å². The van der Waals surface area contributed by atoms with Crippen molar-refractivity contribution in [2.75, 3.05) is 20.7 Å². The molecule has 0 unspecified atom stereocenters. The number of benzene rings is 1. The fourth-order valence-electron chi connectivity index (χ4n) is 1.90. The summed E-state index contributed by atoms with van der Waals surface area (Å²) in [6, 6.07) is 7.93. The van der Waals surface area contributed by atoms with Gasteiger partial charge in [0.1, 0.15) is 0 Å². The van der Waals surface area contributed by atoms with Crippen molar-refractivity contribution in [1.29, 1.82) is 0 Å². The largest absolute Gasteiger partial charge is 0.476 e. The van der Waals surface area contributed by atoms with E-state index in [0.29, 0.717) is 25.3 Å². The summed E-state index contributed by atoms with van der Waals surface area (Å²) in [5.41, 5.74) is 1.04. The average molecular weight is 261 g/mol. The van der Waals surface area contributed by atoms with E-state index in [-0.39, 0.29) is 5.91 Å². The quantitative estimate of drug-likeness (QED) is 0.771. The zero-order valence-electron chi connectivity index (χ0n) is 11.6. The predicted molar refractivity (Wildman–Crippen MR) is 74.1 cm³/mol. The maximum absolute atomic E-state index is 11.4. The molecule has 1 aromatic heterocycles. The van der Waals surface area contributed by atoms with Gasteiger partial charge in [0.25, 0.3) is 0 Å². The fourth-order valence-corrected chi connectivity index (χ4v) is 1.90. The number of fused-ring (bicyclic) bond motifs is 1. The minimum Gasteiger partial charge on any atom is -0.476 e. The van der Waals surface area contributed by atoms with Gasteiger partial charge in [0.05, 0.1) is 17.5 Å². The van der Waals surface area contributed by atoms with Crippen LogP contribution in [0, 0.1) is 0 Å². The first-order valence-corrected chi connectivity index (χ1v) is 6.34. The van der Waals surface area contributed by atoms with E-state index in [9.17, 15) is 4.79 Å². The molecule has 0 N–H and O–H groups in total. The molecular weight excluding hydrogens is 242 g/mol. The van der Waals surface area contributed by atoms with Crippen molar-refractivity contribution >= 4 is 16.8 Å². The molecule has 1 aromatic carbocycles. The smallest absolute Gasteiger partial charge is 0.240 e. The lowest BCUT2D eigenvalue weighted by molar-refractivity contribution is -0.128. The second-order valence-corrected chi connectivity index (χ2v) is 4.69. The molecule has 0 fully saturated rings. The van der Waals surface area contributed by atoms with E-state index in [1.807, 2.05) is 31.3 Å². The summed E-state index contributed by atoms with van der Waals surface area (Å²) in [6.45, 7) is 0.501. The maximum atomic E-state index is 11.4. The van der Waals surface area contributed by atoms with Crippen LogP contribution in [0.2, 0.25) is 0 Å². The van der Waals surface area contributed by atoms with Crippen molar-refractivity contribution < 1.29 is 9.53 Å². The highest BCUT2D eigenvalue weighted by molar-refractivity contribution is 5.84. The summed E-state index contributed by atoms with van der Waals surface area (Å²) in [4.78, 5) is 13.0. The number of hydrogen-bond acceptors (Lipinski definition) is 3. The van der Waals surface area contributed by atoms with Crippen LogP contribution in [0.5, 0.6) is 5.88 Å². The lowest BCUT2D eigenvalue weighted by Gasteiger charge is -2.09. The fraction of sp³-hybridized carbons (Fsp3) is 0.429. The van der Waals surface area contributed by atoms with Gasteiger partial charge in [-0.05, 0) is 18.6 Å². The summed E-state index contributed by atoms with van der Waals surface area (Å²) in [6.07, 6.45) is 1.19. The molecule has 0 saturated heterocycles. The highest BCUT2D eigenvalue weighted by Crippen LogP contribution is 2.23. The minimum atomic E-state index is 0.120. The number of ether oxygens (including phenoxy) is 1. The standard InChI is InChI=1S/C14H19N3O2/c1-16(2)13(18)9-6-10-19-14-11-7-4-5-8-12(11)17(3)15-14/h4-5,7-8H,6,9-10H2,1-3H3. The Hall–Kier alpha value is -2.04. The number of aromatic nitrogens is 2. The molecule has 0 saturated carbocycles. The molecule has 5 heteroatoms. The molecule has 0 aliphatic rings. The van der Waals surface area contributed by atoms with Gasteiger partial charge >= 0.3 is 0 Å². The summed E-state index contributed by atoms with van der Waals surface area (Å²) in [5.74, 6) is 0.755. The van der Waals surface area contributed by atoms with Crippen LogP contribution in [0.15, 0.2) is 24.3 Å². The summed E-state index contributed by atoms with van der Waals surface area (Å²) in [5, 5.41) is 5.34. The van der Waals surface area contributed by atoms with E-state index in [4.69, 9.17) is 4.74 Å². The number of nitrogens with zero attached hydrogens (tertiary/aromatic N) is 3. The lowest BCUT2D eigenvalue weighted by atomic mass is 10.2. The van der Waals surface area contributed by atoms with Crippen molar-refractivity contribution in [2.45, 2.75) is 12.8 Å². The number of aryl methyl sites for hydroxylation is 1. The van der Waals surface area contributed by atoms with Gasteiger partial charge in [0.15, 0.2) is 0 Å². The van der Waals surface area contributed by atoms with Crippen LogP contribution in [-0.4, -0.2) is 41.3 Å². The molecule has 0 bridgehead atoms. The van der Waals surface area contributed by atoms with Gasteiger partial charge in [-0.1, -0.05) is 12.1 Å². The van der Waals surface area contributed by atoms with E-state index in [0.717, 1.165) is 10.9 Å². The monoisotopic (exact) mass is 261 g/mol. The Labute approximate surface area is 112 Å². The molecule has 5 nitrogen and oxygen atoms in total. The Morgan fingerprint density at radius 3 is 2.84 bits per heavy atom. The third-order valence-electron chi connectivity index (χ3n) is 3.00. The van der Waals surface area contributed by atoms with Crippen LogP contribution in [0.4, 0.5) is 0 Å². The Bertz CT molecular complexity index is 575. The zero-order chi connectivity index (χ0) is 13.8. The molecule has 19 heavy (non-hydrogen) atoms. The average Bonchev–Trinajstić information content (AvgIpc) is 2.72. The number of hydrogen-bond donors (Lipinski definition) is 0. The number of carbonyl (C=O) groups is 1. The summed E-state index contributed by atoms with van der Waals surface area (Å²) < 4.78 is 7.47.